The molecule has 0 bridgehead atoms. The van der Waals surface area contributed by atoms with Crippen LogP contribution in [0.4, 0.5) is 5.82 Å². The van der Waals surface area contributed by atoms with Crippen molar-refractivity contribution in [2.24, 2.45) is 5.92 Å². The fraction of sp³-hybridized carbons (Fsp3) is 0.765. The first-order chi connectivity index (χ1) is 10.2. The maximum Gasteiger partial charge on any atom is 0.147 e. The summed E-state index contributed by atoms with van der Waals surface area (Å²) in [7, 11) is 0. The molecule has 1 fully saturated rings. The lowest BCUT2D eigenvalue weighted by Gasteiger charge is -2.30. The van der Waals surface area contributed by atoms with Crippen molar-refractivity contribution in [1.82, 2.24) is 15.3 Å². The minimum atomic E-state index is 0.631. The highest BCUT2D eigenvalue weighted by Crippen LogP contribution is 2.23. The molecule has 0 radical (unpaired) electrons. The number of nitrogens with zero attached hydrogens (tertiary/aromatic N) is 3. The topological polar surface area (TPSA) is 41.1 Å². The van der Waals surface area contributed by atoms with E-state index in [1.54, 1.807) is 0 Å². The molecule has 1 atom stereocenters. The molecule has 1 aromatic heterocycles. The van der Waals surface area contributed by atoms with Gasteiger partial charge in [0, 0.05) is 19.1 Å². The third kappa shape index (κ3) is 4.95. The van der Waals surface area contributed by atoms with Crippen molar-refractivity contribution in [2.45, 2.75) is 65.5 Å². The lowest BCUT2D eigenvalue weighted by molar-refractivity contribution is 0.543. The number of anilines is 1. The molecule has 2 rings (SSSR count). The SMILES string of the molecule is CCC1CCCCCN1c1cnc(CNCC(C)C)cn1. The summed E-state index contributed by atoms with van der Waals surface area (Å²) < 4.78 is 0. The van der Waals surface area contributed by atoms with Crippen LogP contribution in [0, 0.1) is 5.92 Å². The molecule has 1 aliphatic heterocycles. The van der Waals surface area contributed by atoms with Crippen molar-refractivity contribution in [3.8, 4) is 0 Å². The van der Waals surface area contributed by atoms with Crippen molar-refractivity contribution >= 4 is 5.82 Å². The Morgan fingerprint density at radius 3 is 2.76 bits per heavy atom. The van der Waals surface area contributed by atoms with Crippen LogP contribution in [-0.4, -0.2) is 29.1 Å². The van der Waals surface area contributed by atoms with E-state index in [0.29, 0.717) is 12.0 Å². The molecule has 0 aliphatic carbocycles. The van der Waals surface area contributed by atoms with Gasteiger partial charge in [-0.15, -0.1) is 0 Å². The lowest BCUT2D eigenvalue weighted by atomic mass is 10.1. The molecule has 1 aliphatic rings. The summed E-state index contributed by atoms with van der Waals surface area (Å²) in [5, 5.41) is 3.41. The minimum Gasteiger partial charge on any atom is -0.352 e. The highest BCUT2D eigenvalue weighted by molar-refractivity contribution is 5.37. The van der Waals surface area contributed by atoms with Crippen molar-refractivity contribution < 1.29 is 0 Å². The molecule has 0 saturated carbocycles. The molecular weight excluding hydrogens is 260 g/mol. The molecule has 1 aromatic rings. The van der Waals surface area contributed by atoms with E-state index in [9.17, 15) is 0 Å². The number of aromatic nitrogens is 2. The van der Waals surface area contributed by atoms with Gasteiger partial charge in [-0.05, 0) is 31.7 Å². The average Bonchev–Trinajstić information content (AvgIpc) is 2.73. The predicted octanol–water partition coefficient (Wildman–Crippen LogP) is 3.38. The second-order valence-electron chi connectivity index (χ2n) is 6.50. The van der Waals surface area contributed by atoms with E-state index >= 15 is 0 Å². The van der Waals surface area contributed by atoms with Gasteiger partial charge in [0.2, 0.25) is 0 Å². The van der Waals surface area contributed by atoms with Gasteiger partial charge < -0.3 is 10.2 Å². The van der Waals surface area contributed by atoms with E-state index in [4.69, 9.17) is 0 Å². The van der Waals surface area contributed by atoms with E-state index < -0.39 is 0 Å². The zero-order chi connectivity index (χ0) is 15.1. The van der Waals surface area contributed by atoms with Crippen LogP contribution in [0.15, 0.2) is 12.4 Å². The van der Waals surface area contributed by atoms with Gasteiger partial charge in [0.05, 0.1) is 18.1 Å². The van der Waals surface area contributed by atoms with Crippen LogP contribution in [0.5, 0.6) is 0 Å². The first kappa shape index (κ1) is 16.2. The Balaban J connectivity index is 1.96. The Morgan fingerprint density at radius 1 is 1.24 bits per heavy atom. The van der Waals surface area contributed by atoms with E-state index in [2.05, 4.69) is 41.0 Å². The van der Waals surface area contributed by atoms with Crippen molar-refractivity contribution in [2.75, 3.05) is 18.0 Å². The van der Waals surface area contributed by atoms with E-state index in [1.807, 2.05) is 12.4 Å². The van der Waals surface area contributed by atoms with Crippen LogP contribution in [0.3, 0.4) is 0 Å². The quantitative estimate of drug-likeness (QED) is 0.872. The van der Waals surface area contributed by atoms with E-state index in [0.717, 1.165) is 31.1 Å². The fourth-order valence-corrected chi connectivity index (χ4v) is 2.98. The average molecular weight is 290 g/mol. The second-order valence-corrected chi connectivity index (χ2v) is 6.50. The first-order valence-electron chi connectivity index (χ1n) is 8.49. The summed E-state index contributed by atoms with van der Waals surface area (Å²) in [4.78, 5) is 11.7. The van der Waals surface area contributed by atoms with Crippen LogP contribution in [0.25, 0.3) is 0 Å². The Bertz CT molecular complexity index is 402. The molecule has 21 heavy (non-hydrogen) atoms. The maximum atomic E-state index is 4.66. The third-order valence-electron chi connectivity index (χ3n) is 4.19. The molecule has 1 saturated heterocycles. The summed E-state index contributed by atoms with van der Waals surface area (Å²) in [6.07, 6.45) is 10.3. The predicted molar refractivity (Wildman–Crippen MR) is 88.5 cm³/mol. The molecule has 4 heteroatoms. The molecule has 0 spiro atoms. The summed E-state index contributed by atoms with van der Waals surface area (Å²) in [6.45, 7) is 9.66. The Morgan fingerprint density at radius 2 is 2.10 bits per heavy atom. The van der Waals surface area contributed by atoms with Crippen LogP contribution < -0.4 is 10.2 Å². The summed E-state index contributed by atoms with van der Waals surface area (Å²) in [5.41, 5.74) is 1.03. The number of nitrogens with one attached hydrogen (secondary N) is 1. The Kier molecular flexibility index (Phi) is 6.43. The van der Waals surface area contributed by atoms with Crippen LogP contribution in [0.2, 0.25) is 0 Å². The van der Waals surface area contributed by atoms with E-state index in [1.165, 1.54) is 32.1 Å². The molecule has 4 nitrogen and oxygen atoms in total. The number of hydrogen-bond acceptors (Lipinski definition) is 4. The van der Waals surface area contributed by atoms with Gasteiger partial charge in [-0.3, -0.25) is 4.98 Å². The third-order valence-corrected chi connectivity index (χ3v) is 4.19. The molecule has 1 unspecified atom stereocenters. The normalized spacial score (nSPS) is 19.8. The fourth-order valence-electron chi connectivity index (χ4n) is 2.98. The Labute approximate surface area is 129 Å². The highest BCUT2D eigenvalue weighted by atomic mass is 15.2. The van der Waals surface area contributed by atoms with Gasteiger partial charge in [-0.2, -0.15) is 0 Å². The largest absolute Gasteiger partial charge is 0.352 e. The van der Waals surface area contributed by atoms with E-state index in [-0.39, 0.29) is 0 Å². The molecule has 0 aromatic carbocycles. The molecule has 2 heterocycles. The highest BCUT2D eigenvalue weighted by Gasteiger charge is 2.20. The molecule has 0 amide bonds. The van der Waals surface area contributed by atoms with Gasteiger partial charge in [-0.25, -0.2) is 4.98 Å². The lowest BCUT2D eigenvalue weighted by Crippen LogP contribution is -2.35. The maximum absolute atomic E-state index is 4.66. The standard InChI is InChI=1S/C17H30N4/c1-4-16-8-6-5-7-9-21(16)17-13-19-15(12-20-17)11-18-10-14(2)3/h12-14,16,18H,4-11H2,1-3H3. The summed E-state index contributed by atoms with van der Waals surface area (Å²) in [6, 6.07) is 0.631. The van der Waals surface area contributed by atoms with Gasteiger partial charge in [0.1, 0.15) is 5.82 Å². The second kappa shape index (κ2) is 8.32. The number of rotatable bonds is 6. The smallest absolute Gasteiger partial charge is 0.147 e. The summed E-state index contributed by atoms with van der Waals surface area (Å²) >= 11 is 0. The van der Waals surface area contributed by atoms with Crippen molar-refractivity contribution in [1.29, 1.82) is 0 Å². The molecule has 118 valence electrons. The van der Waals surface area contributed by atoms with Gasteiger partial charge in [0.15, 0.2) is 0 Å². The van der Waals surface area contributed by atoms with Crippen molar-refractivity contribution in [3.63, 3.8) is 0 Å². The molecule has 1 N–H and O–H groups in total. The zero-order valence-electron chi connectivity index (χ0n) is 13.8. The van der Waals surface area contributed by atoms with Crippen LogP contribution in [-0.2, 0) is 6.54 Å². The minimum absolute atomic E-state index is 0.631. The zero-order valence-corrected chi connectivity index (χ0v) is 13.8. The van der Waals surface area contributed by atoms with Crippen molar-refractivity contribution in [3.05, 3.63) is 18.1 Å². The van der Waals surface area contributed by atoms with Gasteiger partial charge in [0.25, 0.3) is 0 Å². The Hall–Kier alpha value is -1.16. The number of hydrogen-bond donors (Lipinski definition) is 1. The summed E-state index contributed by atoms with van der Waals surface area (Å²) in [5.74, 6) is 1.72. The van der Waals surface area contributed by atoms with Gasteiger partial charge >= 0.3 is 0 Å². The first-order valence-corrected chi connectivity index (χ1v) is 8.49. The molecular formula is C17H30N4. The van der Waals surface area contributed by atoms with Gasteiger partial charge in [-0.1, -0.05) is 33.6 Å². The monoisotopic (exact) mass is 290 g/mol. The van der Waals surface area contributed by atoms with Crippen LogP contribution in [0.1, 0.15) is 58.6 Å². The van der Waals surface area contributed by atoms with Crippen LogP contribution >= 0.6 is 0 Å².